The van der Waals surface area contributed by atoms with Crippen molar-refractivity contribution >= 4 is 29.5 Å². The largest absolute Gasteiger partial charge is 0.368 e. The van der Waals surface area contributed by atoms with Gasteiger partial charge in [-0.2, -0.15) is 0 Å². The van der Waals surface area contributed by atoms with Crippen molar-refractivity contribution in [3.63, 3.8) is 0 Å². The maximum atomic E-state index is 12.6. The summed E-state index contributed by atoms with van der Waals surface area (Å²) in [7, 11) is 0. The van der Waals surface area contributed by atoms with Crippen LogP contribution in [-0.4, -0.2) is 46.7 Å². The SMILES string of the molecule is Cc1cc(C)c2cc1C(=O)NCCCNC(=O)C(N)CSc1cc-2nc(N)n1. The third-order valence-electron chi connectivity index (χ3n) is 4.50. The predicted molar refractivity (Wildman–Crippen MR) is 110 cm³/mol. The van der Waals surface area contributed by atoms with Gasteiger partial charge in [-0.3, -0.25) is 9.59 Å². The number of fused-ring (bicyclic) bond motifs is 5. The van der Waals surface area contributed by atoms with Crippen LogP contribution in [0, 0.1) is 13.8 Å². The van der Waals surface area contributed by atoms with E-state index >= 15 is 0 Å². The minimum Gasteiger partial charge on any atom is -0.368 e. The number of amides is 2. The zero-order chi connectivity index (χ0) is 20.3. The van der Waals surface area contributed by atoms with Crippen LogP contribution in [0.25, 0.3) is 11.3 Å². The Bertz CT molecular complexity index is 918. The average Bonchev–Trinajstić information content (AvgIpc) is 2.64. The van der Waals surface area contributed by atoms with Gasteiger partial charge in [-0.25, -0.2) is 9.97 Å². The number of nitrogens with zero attached hydrogens (tertiary/aromatic N) is 2. The molecule has 0 radical (unpaired) electrons. The molecule has 148 valence electrons. The van der Waals surface area contributed by atoms with E-state index in [1.165, 1.54) is 11.8 Å². The quantitative estimate of drug-likeness (QED) is 0.485. The number of nitrogens with two attached hydrogens (primary N) is 2. The molecule has 9 heteroatoms. The lowest BCUT2D eigenvalue weighted by Gasteiger charge is -2.15. The number of carbonyl (C=O) groups is 2. The van der Waals surface area contributed by atoms with Gasteiger partial charge in [-0.05, 0) is 43.5 Å². The fraction of sp³-hybridized carbons (Fsp3) is 0.368. The first-order valence-electron chi connectivity index (χ1n) is 9.05. The number of rotatable bonds is 0. The van der Waals surface area contributed by atoms with Gasteiger partial charge in [0, 0.05) is 30.0 Å². The third kappa shape index (κ3) is 4.60. The van der Waals surface area contributed by atoms with Crippen molar-refractivity contribution in [2.45, 2.75) is 31.3 Å². The van der Waals surface area contributed by atoms with Gasteiger partial charge in [-0.1, -0.05) is 6.07 Å². The minimum absolute atomic E-state index is 0.130. The summed E-state index contributed by atoms with van der Waals surface area (Å²) >= 11 is 1.35. The molecule has 0 spiro atoms. The summed E-state index contributed by atoms with van der Waals surface area (Å²) in [6, 6.07) is 4.95. The van der Waals surface area contributed by atoms with E-state index in [9.17, 15) is 9.59 Å². The van der Waals surface area contributed by atoms with Crippen molar-refractivity contribution in [1.82, 2.24) is 20.6 Å². The first-order chi connectivity index (χ1) is 13.3. The molecular formula is C19H24N6O2S. The first-order valence-corrected chi connectivity index (χ1v) is 10.0. The normalized spacial score (nSPS) is 18.3. The number of anilines is 1. The van der Waals surface area contributed by atoms with Crippen molar-refractivity contribution < 1.29 is 9.59 Å². The second-order valence-corrected chi connectivity index (χ2v) is 7.79. The molecule has 4 bridgehead atoms. The smallest absolute Gasteiger partial charge is 0.251 e. The molecule has 2 amide bonds. The Morgan fingerprint density at radius 2 is 1.75 bits per heavy atom. The first kappa shape index (κ1) is 20.1. The molecule has 1 aliphatic heterocycles. The Hall–Kier alpha value is -2.65. The van der Waals surface area contributed by atoms with Crippen LogP contribution in [-0.2, 0) is 4.79 Å². The van der Waals surface area contributed by atoms with Crippen molar-refractivity contribution in [3.05, 3.63) is 34.9 Å². The molecule has 28 heavy (non-hydrogen) atoms. The highest BCUT2D eigenvalue weighted by atomic mass is 32.2. The van der Waals surface area contributed by atoms with Crippen LogP contribution < -0.4 is 22.1 Å². The molecule has 1 aromatic carbocycles. The summed E-state index contributed by atoms with van der Waals surface area (Å²) in [6.45, 7) is 4.77. The molecule has 1 aromatic heterocycles. The minimum atomic E-state index is -0.667. The lowest BCUT2D eigenvalue weighted by atomic mass is 9.97. The fourth-order valence-electron chi connectivity index (χ4n) is 3.01. The summed E-state index contributed by atoms with van der Waals surface area (Å²) < 4.78 is 0. The van der Waals surface area contributed by atoms with Crippen LogP contribution in [0.1, 0.15) is 27.9 Å². The lowest BCUT2D eigenvalue weighted by Crippen LogP contribution is -2.43. The van der Waals surface area contributed by atoms with Crippen LogP contribution in [0.4, 0.5) is 5.95 Å². The second-order valence-electron chi connectivity index (χ2n) is 6.75. The number of nitrogens with one attached hydrogen (secondary N) is 2. The highest BCUT2D eigenvalue weighted by Crippen LogP contribution is 2.29. The molecule has 2 aromatic rings. The van der Waals surface area contributed by atoms with Crippen LogP contribution in [0.2, 0.25) is 0 Å². The number of aromatic nitrogens is 2. The molecule has 0 saturated carbocycles. The van der Waals surface area contributed by atoms with Crippen LogP contribution in [0.5, 0.6) is 0 Å². The molecule has 0 saturated heterocycles. The van der Waals surface area contributed by atoms with Crippen molar-refractivity contribution in [2.75, 3.05) is 24.6 Å². The van der Waals surface area contributed by atoms with E-state index in [-0.39, 0.29) is 17.8 Å². The van der Waals surface area contributed by atoms with Crippen LogP contribution in [0.3, 0.4) is 0 Å². The topological polar surface area (TPSA) is 136 Å². The number of hydrogen-bond donors (Lipinski definition) is 4. The van der Waals surface area contributed by atoms with Crippen molar-refractivity contribution in [1.29, 1.82) is 0 Å². The summed E-state index contributed by atoms with van der Waals surface area (Å²) in [5.41, 5.74) is 15.8. The number of hydrogen-bond acceptors (Lipinski definition) is 7. The van der Waals surface area contributed by atoms with Crippen molar-refractivity contribution in [2.24, 2.45) is 5.73 Å². The molecule has 1 atom stereocenters. The van der Waals surface area contributed by atoms with E-state index in [1.54, 1.807) is 6.07 Å². The summed E-state index contributed by atoms with van der Waals surface area (Å²) in [6.07, 6.45) is 0.619. The van der Waals surface area contributed by atoms with E-state index in [4.69, 9.17) is 11.5 Å². The molecular weight excluding hydrogens is 376 g/mol. The van der Waals surface area contributed by atoms with Gasteiger partial charge in [0.25, 0.3) is 5.91 Å². The molecule has 1 unspecified atom stereocenters. The average molecular weight is 401 g/mol. The number of nitrogen functional groups attached to an aromatic ring is 1. The van der Waals surface area contributed by atoms with E-state index < -0.39 is 6.04 Å². The predicted octanol–water partition coefficient (Wildman–Crippen LogP) is 1.01. The monoisotopic (exact) mass is 400 g/mol. The van der Waals surface area contributed by atoms with E-state index in [2.05, 4.69) is 20.6 Å². The maximum absolute atomic E-state index is 12.6. The van der Waals surface area contributed by atoms with E-state index in [0.29, 0.717) is 41.5 Å². The molecule has 6 N–H and O–H groups in total. The Balaban J connectivity index is 2.05. The standard InChI is InChI=1S/C19H24N6O2S/c1-10-6-11(2)13-7-12(10)15-8-16(25-19(21)24-15)28-9-14(20)18(27)23-5-3-4-22-17(13)26/h6-8,14H,3-5,9,20H2,1-2H3,(H,22,26)(H,23,27)(H2,21,24,25). The Kier molecular flexibility index (Phi) is 6.15. The Morgan fingerprint density at radius 3 is 2.54 bits per heavy atom. The third-order valence-corrected chi connectivity index (χ3v) is 5.53. The summed E-state index contributed by atoms with van der Waals surface area (Å²) in [5.74, 6) is 0.108. The molecule has 1 aliphatic rings. The molecule has 3 rings (SSSR count). The molecule has 2 heterocycles. The van der Waals surface area contributed by atoms with E-state index in [1.807, 2.05) is 26.0 Å². The van der Waals surface area contributed by atoms with Gasteiger partial charge in [0.15, 0.2) is 0 Å². The number of carbonyl (C=O) groups excluding carboxylic acids is 2. The van der Waals surface area contributed by atoms with Gasteiger partial charge in [0.1, 0.15) is 5.03 Å². The number of thioether (sulfide) groups is 1. The van der Waals surface area contributed by atoms with Gasteiger partial charge in [-0.15, -0.1) is 11.8 Å². The molecule has 0 fully saturated rings. The molecule has 8 nitrogen and oxygen atoms in total. The molecule has 0 aliphatic carbocycles. The van der Waals surface area contributed by atoms with E-state index in [0.717, 1.165) is 16.7 Å². The van der Waals surface area contributed by atoms with Gasteiger partial charge >= 0.3 is 0 Å². The zero-order valence-corrected chi connectivity index (χ0v) is 16.7. The zero-order valence-electron chi connectivity index (χ0n) is 15.9. The van der Waals surface area contributed by atoms with Crippen LogP contribution >= 0.6 is 11.8 Å². The summed E-state index contributed by atoms with van der Waals surface area (Å²) in [4.78, 5) is 33.3. The number of aryl methyl sites for hydroxylation is 2. The fourth-order valence-corrected chi connectivity index (χ4v) is 3.86. The van der Waals surface area contributed by atoms with Crippen LogP contribution in [0.15, 0.2) is 23.2 Å². The Morgan fingerprint density at radius 1 is 1.04 bits per heavy atom. The maximum Gasteiger partial charge on any atom is 0.251 e. The van der Waals surface area contributed by atoms with Gasteiger partial charge < -0.3 is 22.1 Å². The highest BCUT2D eigenvalue weighted by Gasteiger charge is 2.17. The van der Waals surface area contributed by atoms with Gasteiger partial charge in [0.05, 0.1) is 11.7 Å². The Labute approximate surface area is 167 Å². The highest BCUT2D eigenvalue weighted by molar-refractivity contribution is 7.99. The lowest BCUT2D eigenvalue weighted by molar-refractivity contribution is -0.121. The summed E-state index contributed by atoms with van der Waals surface area (Å²) in [5, 5.41) is 6.31. The van der Waals surface area contributed by atoms with Crippen molar-refractivity contribution in [3.8, 4) is 11.3 Å². The van der Waals surface area contributed by atoms with Gasteiger partial charge in [0.2, 0.25) is 11.9 Å². The number of benzene rings is 1. The second kappa shape index (κ2) is 8.57.